The van der Waals surface area contributed by atoms with Crippen molar-refractivity contribution < 1.29 is 9.13 Å². The van der Waals surface area contributed by atoms with E-state index in [0.717, 1.165) is 0 Å². The van der Waals surface area contributed by atoms with Gasteiger partial charge in [-0.05, 0) is 18.2 Å². The molecule has 0 fully saturated rings. The summed E-state index contributed by atoms with van der Waals surface area (Å²) in [5, 5.41) is 0. The van der Waals surface area contributed by atoms with Crippen LogP contribution in [0.5, 0.6) is 5.75 Å². The lowest BCUT2D eigenvalue weighted by Gasteiger charge is -2.02. The number of hydrogen-bond acceptors (Lipinski definition) is 1. The highest BCUT2D eigenvalue weighted by molar-refractivity contribution is 14.1. The van der Waals surface area contributed by atoms with Gasteiger partial charge in [0.25, 0.3) is 0 Å². The van der Waals surface area contributed by atoms with Crippen molar-refractivity contribution in [3.63, 3.8) is 0 Å². The van der Waals surface area contributed by atoms with Crippen LogP contribution in [0.4, 0.5) is 4.39 Å². The average Bonchev–Trinajstić information content (AvgIpc) is 2.05. The van der Waals surface area contributed by atoms with E-state index >= 15 is 0 Å². The molecule has 0 heterocycles. The van der Waals surface area contributed by atoms with Gasteiger partial charge in [-0.3, -0.25) is 0 Å². The predicted molar refractivity (Wildman–Crippen MR) is 50.7 cm³/mol. The molecule has 0 saturated heterocycles. The molecule has 0 amide bonds. The van der Waals surface area contributed by atoms with E-state index in [1.54, 1.807) is 19.2 Å². The summed E-state index contributed by atoms with van der Waals surface area (Å²) in [6, 6.07) is 4.75. The van der Waals surface area contributed by atoms with Crippen molar-refractivity contribution in [3.05, 3.63) is 29.6 Å². The van der Waals surface area contributed by atoms with E-state index in [-0.39, 0.29) is 5.82 Å². The van der Waals surface area contributed by atoms with Crippen molar-refractivity contribution in [3.8, 4) is 5.75 Å². The third kappa shape index (κ3) is 2.05. The molecule has 0 N–H and O–H groups in total. The van der Waals surface area contributed by atoms with Gasteiger partial charge in [0.1, 0.15) is 11.6 Å². The third-order valence-electron chi connectivity index (χ3n) is 1.40. The van der Waals surface area contributed by atoms with E-state index in [2.05, 4.69) is 22.6 Å². The normalized spacial score (nSPS) is 9.73. The fraction of sp³-hybridized carbons (Fsp3) is 0.250. The molecule has 3 heteroatoms. The summed E-state index contributed by atoms with van der Waals surface area (Å²) in [6.07, 6.45) is 0. The SMILES string of the molecule is COc1ccc(F)c(CI)c1. The molecule has 0 aliphatic rings. The van der Waals surface area contributed by atoms with E-state index in [1.807, 2.05) is 0 Å². The zero-order valence-corrected chi connectivity index (χ0v) is 8.26. The largest absolute Gasteiger partial charge is 0.497 e. The number of ether oxygens (including phenoxy) is 1. The first-order valence-electron chi connectivity index (χ1n) is 3.16. The molecule has 0 radical (unpaired) electrons. The summed E-state index contributed by atoms with van der Waals surface area (Å²) in [5.74, 6) is 0.540. The van der Waals surface area contributed by atoms with Gasteiger partial charge in [0.2, 0.25) is 0 Å². The Morgan fingerprint density at radius 2 is 2.27 bits per heavy atom. The third-order valence-corrected chi connectivity index (χ3v) is 2.22. The number of benzene rings is 1. The van der Waals surface area contributed by atoms with Crippen LogP contribution in [0.3, 0.4) is 0 Å². The summed E-state index contributed by atoms with van der Waals surface area (Å²) in [5.41, 5.74) is 0.685. The molecule has 0 atom stereocenters. The molecule has 0 unspecified atom stereocenters. The van der Waals surface area contributed by atoms with Gasteiger partial charge in [0.05, 0.1) is 7.11 Å². The molecule has 0 saturated carbocycles. The lowest BCUT2D eigenvalue weighted by Crippen LogP contribution is -1.88. The smallest absolute Gasteiger partial charge is 0.127 e. The Balaban J connectivity index is 3.02. The molecule has 1 aromatic rings. The first kappa shape index (κ1) is 8.77. The minimum Gasteiger partial charge on any atom is -0.497 e. The molecular formula is C8H8FIO. The molecule has 11 heavy (non-hydrogen) atoms. The lowest BCUT2D eigenvalue weighted by atomic mass is 10.2. The molecule has 60 valence electrons. The number of methoxy groups -OCH3 is 1. The van der Waals surface area contributed by atoms with Crippen LogP contribution in [0.1, 0.15) is 5.56 Å². The highest BCUT2D eigenvalue weighted by Gasteiger charge is 2.00. The topological polar surface area (TPSA) is 9.23 Å². The van der Waals surface area contributed by atoms with Crippen LogP contribution in [-0.2, 0) is 4.43 Å². The summed E-state index contributed by atoms with van der Waals surface area (Å²) in [6.45, 7) is 0. The summed E-state index contributed by atoms with van der Waals surface area (Å²) >= 11 is 2.12. The van der Waals surface area contributed by atoms with Crippen molar-refractivity contribution >= 4 is 22.6 Å². The van der Waals surface area contributed by atoms with Crippen molar-refractivity contribution in [1.82, 2.24) is 0 Å². The van der Waals surface area contributed by atoms with Gasteiger partial charge in [-0.2, -0.15) is 0 Å². The Bertz CT molecular complexity index is 250. The van der Waals surface area contributed by atoms with Gasteiger partial charge < -0.3 is 4.74 Å². The first-order valence-corrected chi connectivity index (χ1v) is 4.69. The van der Waals surface area contributed by atoms with Crippen LogP contribution in [0.2, 0.25) is 0 Å². The molecule has 0 bridgehead atoms. The Kier molecular flexibility index (Phi) is 3.11. The Labute approximate surface area is 78.7 Å². The van der Waals surface area contributed by atoms with E-state index in [0.29, 0.717) is 15.7 Å². The van der Waals surface area contributed by atoms with E-state index in [9.17, 15) is 4.39 Å². The molecular weight excluding hydrogens is 258 g/mol. The zero-order chi connectivity index (χ0) is 8.27. The minimum absolute atomic E-state index is 0.166. The maximum absolute atomic E-state index is 12.8. The molecule has 0 aromatic heterocycles. The van der Waals surface area contributed by atoms with Gasteiger partial charge in [-0.25, -0.2) is 4.39 Å². The second kappa shape index (κ2) is 3.90. The maximum Gasteiger partial charge on any atom is 0.127 e. The second-order valence-corrected chi connectivity index (χ2v) is 2.85. The monoisotopic (exact) mass is 266 g/mol. The van der Waals surface area contributed by atoms with E-state index in [4.69, 9.17) is 4.74 Å². The maximum atomic E-state index is 12.8. The number of alkyl halides is 1. The zero-order valence-electron chi connectivity index (χ0n) is 6.10. The van der Waals surface area contributed by atoms with Crippen molar-refractivity contribution in [2.45, 2.75) is 4.43 Å². The number of hydrogen-bond donors (Lipinski definition) is 0. The molecule has 0 spiro atoms. The highest BCUT2D eigenvalue weighted by Crippen LogP contribution is 2.18. The van der Waals surface area contributed by atoms with Crippen LogP contribution in [0.15, 0.2) is 18.2 Å². The van der Waals surface area contributed by atoms with Crippen LogP contribution in [0, 0.1) is 5.82 Å². The number of rotatable bonds is 2. The van der Waals surface area contributed by atoms with E-state index < -0.39 is 0 Å². The molecule has 1 aromatic carbocycles. The lowest BCUT2D eigenvalue weighted by molar-refractivity contribution is 0.413. The van der Waals surface area contributed by atoms with Crippen molar-refractivity contribution in [2.24, 2.45) is 0 Å². The summed E-state index contributed by atoms with van der Waals surface area (Å²) in [7, 11) is 1.57. The van der Waals surface area contributed by atoms with Gasteiger partial charge in [-0.1, -0.05) is 22.6 Å². The quantitative estimate of drug-likeness (QED) is 0.590. The van der Waals surface area contributed by atoms with Gasteiger partial charge in [0.15, 0.2) is 0 Å². The van der Waals surface area contributed by atoms with Crippen LogP contribution in [-0.4, -0.2) is 7.11 Å². The summed E-state index contributed by atoms with van der Waals surface area (Å²) in [4.78, 5) is 0. The standard InChI is InChI=1S/C8H8FIO/c1-11-7-2-3-8(9)6(4-7)5-10/h2-4H,5H2,1H3. The van der Waals surface area contributed by atoms with Gasteiger partial charge in [-0.15, -0.1) is 0 Å². The predicted octanol–water partition coefficient (Wildman–Crippen LogP) is 2.77. The first-order chi connectivity index (χ1) is 5.27. The fourth-order valence-electron chi connectivity index (χ4n) is 0.780. The van der Waals surface area contributed by atoms with Crippen molar-refractivity contribution in [2.75, 3.05) is 7.11 Å². The second-order valence-electron chi connectivity index (χ2n) is 2.09. The highest BCUT2D eigenvalue weighted by atomic mass is 127. The molecule has 1 nitrogen and oxygen atoms in total. The molecule has 0 aliphatic heterocycles. The van der Waals surface area contributed by atoms with E-state index in [1.165, 1.54) is 6.07 Å². The van der Waals surface area contributed by atoms with Crippen molar-refractivity contribution in [1.29, 1.82) is 0 Å². The van der Waals surface area contributed by atoms with Gasteiger partial charge in [0, 0.05) is 9.99 Å². The van der Waals surface area contributed by atoms with Crippen LogP contribution in [0.25, 0.3) is 0 Å². The number of halogens is 2. The summed E-state index contributed by atoms with van der Waals surface area (Å²) < 4.78 is 18.5. The fourth-order valence-corrected chi connectivity index (χ4v) is 1.37. The molecule has 0 aliphatic carbocycles. The molecule has 1 rings (SSSR count). The minimum atomic E-state index is -0.166. The Hall–Kier alpha value is -0.320. The average molecular weight is 266 g/mol. The van der Waals surface area contributed by atoms with Gasteiger partial charge >= 0.3 is 0 Å². The van der Waals surface area contributed by atoms with Crippen LogP contribution >= 0.6 is 22.6 Å². The van der Waals surface area contributed by atoms with Crippen LogP contribution < -0.4 is 4.74 Å². The Morgan fingerprint density at radius 1 is 1.55 bits per heavy atom. The Morgan fingerprint density at radius 3 is 2.82 bits per heavy atom.